The van der Waals surface area contributed by atoms with Gasteiger partial charge in [-0.05, 0) is 11.6 Å². The number of rotatable bonds is 4. The van der Waals surface area contributed by atoms with Crippen LogP contribution in [0.1, 0.15) is 24.4 Å². The second kappa shape index (κ2) is 8.40. The molecular weight excluding hydrogens is 344 g/mol. The average molecular weight is 370 g/mol. The van der Waals surface area contributed by atoms with Gasteiger partial charge in [0.1, 0.15) is 6.61 Å². The van der Waals surface area contributed by atoms with Crippen molar-refractivity contribution >= 4 is 17.5 Å². The van der Waals surface area contributed by atoms with Crippen LogP contribution in [-0.2, 0) is 14.3 Å². The number of hydrogen-bond donors (Lipinski definition) is 0. The second-order valence-electron chi connectivity index (χ2n) is 7.16. The van der Waals surface area contributed by atoms with Crippen molar-refractivity contribution in [3.8, 4) is 6.07 Å². The van der Waals surface area contributed by atoms with E-state index in [-0.39, 0.29) is 36.8 Å². The lowest BCUT2D eigenvalue weighted by molar-refractivity contribution is -0.143. The van der Waals surface area contributed by atoms with E-state index in [4.69, 9.17) is 10.00 Å². The van der Waals surface area contributed by atoms with Crippen molar-refractivity contribution in [2.75, 3.05) is 51.8 Å². The predicted octanol–water partition coefficient (Wildman–Crippen LogP) is 1.41. The molecule has 2 atom stereocenters. The highest BCUT2D eigenvalue weighted by Gasteiger charge is 2.41. The Morgan fingerprint density at radius 2 is 2.11 bits per heavy atom. The molecule has 27 heavy (non-hydrogen) atoms. The fourth-order valence-corrected chi connectivity index (χ4v) is 4.25. The maximum Gasteiger partial charge on any atom is 0.249 e. The lowest BCUT2D eigenvalue weighted by Crippen LogP contribution is -2.53. The van der Waals surface area contributed by atoms with Crippen molar-refractivity contribution in [3.05, 3.63) is 29.8 Å². The van der Waals surface area contributed by atoms with Gasteiger partial charge >= 0.3 is 0 Å². The molecule has 2 amide bonds. The number of carbonyl (C=O) groups excluding carboxylic acids is 2. The van der Waals surface area contributed by atoms with Crippen LogP contribution in [0.25, 0.3) is 0 Å². The minimum absolute atomic E-state index is 0.000397. The summed E-state index contributed by atoms with van der Waals surface area (Å²) in [6.45, 7) is 2.10. The molecule has 0 N–H and O–H groups in total. The molecule has 144 valence electrons. The summed E-state index contributed by atoms with van der Waals surface area (Å²) < 4.78 is 5.09. The number of benzene rings is 1. The van der Waals surface area contributed by atoms with Crippen LogP contribution in [0.4, 0.5) is 5.69 Å². The van der Waals surface area contributed by atoms with E-state index in [1.165, 1.54) is 7.11 Å². The minimum atomic E-state index is -0.0993. The summed E-state index contributed by atoms with van der Waals surface area (Å²) in [6, 6.07) is 10.2. The molecule has 1 fully saturated rings. The first-order valence-electron chi connectivity index (χ1n) is 9.30. The number of methoxy groups -OCH3 is 1. The van der Waals surface area contributed by atoms with Gasteiger partial charge in [0.25, 0.3) is 0 Å². The van der Waals surface area contributed by atoms with E-state index in [0.29, 0.717) is 26.1 Å². The van der Waals surface area contributed by atoms with Crippen molar-refractivity contribution < 1.29 is 14.3 Å². The van der Waals surface area contributed by atoms with E-state index in [1.807, 2.05) is 24.1 Å². The van der Waals surface area contributed by atoms with Gasteiger partial charge in [-0.3, -0.25) is 9.59 Å². The quantitative estimate of drug-likeness (QED) is 0.801. The van der Waals surface area contributed by atoms with Crippen molar-refractivity contribution in [2.24, 2.45) is 5.92 Å². The van der Waals surface area contributed by atoms with Gasteiger partial charge in [0.15, 0.2) is 0 Å². The molecule has 3 rings (SSSR count). The third-order valence-corrected chi connectivity index (χ3v) is 5.41. The Bertz CT molecular complexity index is 745. The molecule has 2 aliphatic heterocycles. The van der Waals surface area contributed by atoms with Gasteiger partial charge in [0.2, 0.25) is 11.8 Å². The summed E-state index contributed by atoms with van der Waals surface area (Å²) in [5.74, 6) is -0.0146. The zero-order chi connectivity index (χ0) is 19.4. The molecule has 0 radical (unpaired) electrons. The molecular formula is C20H26N4O3. The first-order valence-corrected chi connectivity index (χ1v) is 9.30. The highest BCUT2D eigenvalue weighted by atomic mass is 16.5. The molecule has 0 aromatic heterocycles. The Hall–Kier alpha value is -2.59. The summed E-state index contributed by atoms with van der Waals surface area (Å²) in [6.07, 6.45) is 0.587. The highest BCUT2D eigenvalue weighted by molar-refractivity contribution is 5.81. The summed E-state index contributed by atoms with van der Waals surface area (Å²) >= 11 is 0. The van der Waals surface area contributed by atoms with Crippen molar-refractivity contribution in [1.82, 2.24) is 9.80 Å². The highest BCUT2D eigenvalue weighted by Crippen LogP contribution is 2.41. The Morgan fingerprint density at radius 1 is 1.33 bits per heavy atom. The Kier molecular flexibility index (Phi) is 5.97. The van der Waals surface area contributed by atoms with E-state index < -0.39 is 0 Å². The topological polar surface area (TPSA) is 76.9 Å². The van der Waals surface area contributed by atoms with E-state index >= 15 is 0 Å². The third-order valence-electron chi connectivity index (χ3n) is 5.41. The van der Waals surface area contributed by atoms with Crippen LogP contribution >= 0.6 is 0 Å². The first kappa shape index (κ1) is 19.2. The van der Waals surface area contributed by atoms with Crippen LogP contribution in [0, 0.1) is 17.2 Å². The molecule has 1 saturated heterocycles. The number of para-hydroxylation sites is 1. The maximum atomic E-state index is 12.8. The number of nitrogens with zero attached hydrogens (tertiary/aromatic N) is 4. The summed E-state index contributed by atoms with van der Waals surface area (Å²) in [7, 11) is 3.55. The predicted molar refractivity (Wildman–Crippen MR) is 101 cm³/mol. The zero-order valence-electron chi connectivity index (χ0n) is 15.9. The smallest absolute Gasteiger partial charge is 0.249 e. The van der Waals surface area contributed by atoms with E-state index in [9.17, 15) is 9.59 Å². The van der Waals surface area contributed by atoms with Crippen LogP contribution in [0.2, 0.25) is 0 Å². The molecule has 2 heterocycles. The summed E-state index contributed by atoms with van der Waals surface area (Å²) in [4.78, 5) is 31.2. The molecule has 7 heteroatoms. The molecule has 0 aliphatic carbocycles. The van der Waals surface area contributed by atoms with Crippen LogP contribution in [0.3, 0.4) is 0 Å². The molecule has 0 saturated carbocycles. The first-order chi connectivity index (χ1) is 13.1. The van der Waals surface area contributed by atoms with Gasteiger partial charge in [-0.15, -0.1) is 0 Å². The number of hydrogen-bond acceptors (Lipinski definition) is 5. The zero-order valence-corrected chi connectivity index (χ0v) is 15.9. The number of anilines is 1. The fourth-order valence-electron chi connectivity index (χ4n) is 4.25. The fraction of sp³-hybridized carbons (Fsp3) is 0.550. The average Bonchev–Trinajstić information content (AvgIpc) is 2.66. The third kappa shape index (κ3) is 3.91. The van der Waals surface area contributed by atoms with Crippen LogP contribution in [0.5, 0.6) is 0 Å². The van der Waals surface area contributed by atoms with Crippen LogP contribution < -0.4 is 4.90 Å². The number of ether oxygens (including phenoxy) is 1. The van der Waals surface area contributed by atoms with E-state index in [1.54, 1.807) is 4.90 Å². The van der Waals surface area contributed by atoms with E-state index in [2.05, 4.69) is 23.1 Å². The largest absolute Gasteiger partial charge is 0.375 e. The summed E-state index contributed by atoms with van der Waals surface area (Å²) in [5.41, 5.74) is 2.22. The van der Waals surface area contributed by atoms with Crippen molar-refractivity contribution in [1.29, 1.82) is 5.26 Å². The lowest BCUT2D eigenvalue weighted by Gasteiger charge is -2.47. The molecule has 0 unspecified atom stereocenters. The van der Waals surface area contributed by atoms with Gasteiger partial charge in [-0.25, -0.2) is 0 Å². The Labute approximate surface area is 160 Å². The lowest BCUT2D eigenvalue weighted by atomic mass is 9.84. The van der Waals surface area contributed by atoms with Gasteiger partial charge in [0, 0.05) is 58.4 Å². The van der Waals surface area contributed by atoms with Gasteiger partial charge in [-0.2, -0.15) is 5.26 Å². The van der Waals surface area contributed by atoms with E-state index in [0.717, 1.165) is 17.8 Å². The molecule has 1 aromatic rings. The van der Waals surface area contributed by atoms with Gasteiger partial charge in [-0.1, -0.05) is 18.2 Å². The SMILES string of the molecule is COCC(=O)N1CCC(=O)N(CCC#N)C[C@H]2CN(C)c3ccccc3[C@@H]21. The molecule has 0 spiro atoms. The summed E-state index contributed by atoms with van der Waals surface area (Å²) in [5, 5.41) is 8.92. The molecule has 2 aliphatic rings. The number of carbonyl (C=O) groups is 2. The van der Waals surface area contributed by atoms with Crippen LogP contribution in [0.15, 0.2) is 24.3 Å². The van der Waals surface area contributed by atoms with Crippen molar-refractivity contribution in [2.45, 2.75) is 18.9 Å². The maximum absolute atomic E-state index is 12.8. The molecule has 1 aromatic carbocycles. The monoisotopic (exact) mass is 370 g/mol. The van der Waals surface area contributed by atoms with Crippen LogP contribution in [-0.4, -0.2) is 68.6 Å². The normalized spacial score (nSPS) is 22.4. The second-order valence-corrected chi connectivity index (χ2v) is 7.16. The van der Waals surface area contributed by atoms with Crippen molar-refractivity contribution in [3.63, 3.8) is 0 Å². The number of nitriles is 1. The Morgan fingerprint density at radius 3 is 2.85 bits per heavy atom. The molecule has 7 nitrogen and oxygen atoms in total. The number of amides is 2. The minimum Gasteiger partial charge on any atom is -0.375 e. The van der Waals surface area contributed by atoms with Gasteiger partial charge < -0.3 is 19.4 Å². The number of fused-ring (bicyclic) bond motifs is 3. The van der Waals surface area contributed by atoms with Gasteiger partial charge in [0.05, 0.1) is 18.5 Å². The molecule has 0 bridgehead atoms. The standard InChI is InChI=1S/C20H26N4O3/c1-22-12-15-13-23(10-5-9-21)18(25)8-11-24(19(26)14-27-2)20(15)16-6-3-4-7-17(16)22/h3-4,6-7,15,20H,5,8,10-14H2,1-2H3/t15-,20-/m1/s1. The Balaban J connectivity index is 1.99.